The second-order valence-corrected chi connectivity index (χ2v) is 4.60. The van der Waals surface area contributed by atoms with Crippen LogP contribution in [0.1, 0.15) is 19.8 Å². The van der Waals surface area contributed by atoms with E-state index in [1.165, 1.54) is 14.2 Å². The first kappa shape index (κ1) is 12.3. The molecule has 0 saturated carbocycles. The van der Waals surface area contributed by atoms with Gasteiger partial charge < -0.3 is 14.0 Å². The van der Waals surface area contributed by atoms with Crippen LogP contribution in [0.15, 0.2) is 11.3 Å². The van der Waals surface area contributed by atoms with E-state index in [1.807, 2.05) is 6.92 Å². The fourth-order valence-corrected chi connectivity index (χ4v) is 2.03. The van der Waals surface area contributed by atoms with Crippen LogP contribution in [0, 0.1) is 0 Å². The summed E-state index contributed by atoms with van der Waals surface area (Å²) in [5.74, 6) is -0.881. The zero-order valence-corrected chi connectivity index (χ0v) is 9.40. The average Bonchev–Trinajstić information content (AvgIpc) is 2.11. The second kappa shape index (κ2) is 6.82. The number of carbonyl (C=O) groups is 1. The zero-order valence-electron chi connectivity index (χ0n) is 8.24. The lowest BCUT2D eigenvalue weighted by Crippen LogP contribution is -2.18. The minimum absolute atomic E-state index is 0.392. The fraction of sp³-hybridized carbons (Fsp3) is 0.625. The van der Waals surface area contributed by atoms with E-state index in [-0.39, 0.29) is 0 Å². The van der Waals surface area contributed by atoms with Crippen LogP contribution in [0.5, 0.6) is 0 Å². The molecular formula is C8H16O4Si. The van der Waals surface area contributed by atoms with Gasteiger partial charge in [-0.1, -0.05) is 13.3 Å². The van der Waals surface area contributed by atoms with Crippen LogP contribution in [0.3, 0.4) is 0 Å². The first-order chi connectivity index (χ1) is 6.15. The minimum atomic E-state index is -1.88. The van der Waals surface area contributed by atoms with Crippen molar-refractivity contribution in [3.8, 4) is 0 Å². The Kier molecular flexibility index (Phi) is 6.48. The Morgan fingerprint density at radius 2 is 2.00 bits per heavy atom. The molecule has 0 atom stereocenters. The van der Waals surface area contributed by atoms with Gasteiger partial charge in [0.1, 0.15) is 0 Å². The van der Waals surface area contributed by atoms with Gasteiger partial charge in [0, 0.05) is 19.8 Å². The number of carboxylic acids is 1. The van der Waals surface area contributed by atoms with Crippen LogP contribution in [-0.4, -0.2) is 34.6 Å². The van der Waals surface area contributed by atoms with Gasteiger partial charge in [-0.3, -0.25) is 0 Å². The van der Waals surface area contributed by atoms with Gasteiger partial charge in [0.15, 0.2) is 0 Å². The van der Waals surface area contributed by atoms with Crippen molar-refractivity contribution in [3.05, 3.63) is 11.3 Å². The third-order valence-corrected chi connectivity index (χ3v) is 3.20. The molecule has 0 unspecified atom stereocenters. The zero-order chi connectivity index (χ0) is 10.3. The lowest BCUT2D eigenvalue weighted by molar-refractivity contribution is -0.132. The molecule has 0 heterocycles. The van der Waals surface area contributed by atoms with Crippen LogP contribution in [0.25, 0.3) is 0 Å². The van der Waals surface area contributed by atoms with E-state index < -0.39 is 15.3 Å². The Morgan fingerprint density at radius 1 is 1.46 bits per heavy atom. The Morgan fingerprint density at radius 3 is 2.31 bits per heavy atom. The largest absolute Gasteiger partial charge is 0.478 e. The lowest BCUT2D eigenvalue weighted by atomic mass is 10.2. The van der Waals surface area contributed by atoms with Gasteiger partial charge in [0.05, 0.1) is 0 Å². The molecule has 13 heavy (non-hydrogen) atoms. The second-order valence-electron chi connectivity index (χ2n) is 2.59. The van der Waals surface area contributed by atoms with Crippen molar-refractivity contribution in [3.63, 3.8) is 0 Å². The summed E-state index contributed by atoms with van der Waals surface area (Å²) in [4.78, 5) is 10.7. The van der Waals surface area contributed by atoms with Crippen molar-refractivity contribution < 1.29 is 18.8 Å². The van der Waals surface area contributed by atoms with Gasteiger partial charge in [-0.2, -0.15) is 0 Å². The maximum Gasteiger partial charge on any atom is 0.348 e. The molecule has 0 rings (SSSR count). The molecule has 1 N–H and O–H groups in total. The van der Waals surface area contributed by atoms with Crippen LogP contribution < -0.4 is 0 Å². The van der Waals surface area contributed by atoms with E-state index in [1.54, 1.807) is 5.70 Å². The monoisotopic (exact) mass is 204 g/mol. The van der Waals surface area contributed by atoms with Crippen molar-refractivity contribution in [2.45, 2.75) is 19.8 Å². The molecule has 0 aromatic heterocycles. The minimum Gasteiger partial charge on any atom is -0.478 e. The van der Waals surface area contributed by atoms with Gasteiger partial charge in [-0.25, -0.2) is 4.79 Å². The molecule has 0 radical (unpaired) electrons. The number of carboxylic acid groups (broad SMARTS) is 1. The molecule has 0 fully saturated rings. The molecule has 5 heteroatoms. The Balaban J connectivity index is 4.40. The average molecular weight is 204 g/mol. The highest BCUT2D eigenvalue weighted by atomic mass is 28.3. The highest BCUT2D eigenvalue weighted by Crippen LogP contribution is 2.06. The number of hydrogen-bond acceptors (Lipinski definition) is 3. The van der Waals surface area contributed by atoms with E-state index >= 15 is 0 Å². The Bertz CT molecular complexity index is 187. The quantitative estimate of drug-likeness (QED) is 0.515. The van der Waals surface area contributed by atoms with Crippen LogP contribution in [0.4, 0.5) is 0 Å². The number of hydrogen-bond donors (Lipinski definition) is 1. The topological polar surface area (TPSA) is 55.8 Å². The molecule has 0 aromatic rings. The maximum atomic E-state index is 10.7. The first-order valence-corrected chi connectivity index (χ1v) is 5.76. The van der Waals surface area contributed by atoms with E-state index in [9.17, 15) is 4.79 Å². The summed E-state index contributed by atoms with van der Waals surface area (Å²) in [5.41, 5.74) is 2.01. The standard InChI is InChI=1S/C8H16O4Si/c1-4-5-7(8(9)10)6-13(11-2)12-3/h6,13H,4-5H2,1-3H3,(H,9,10). The van der Waals surface area contributed by atoms with E-state index in [0.717, 1.165) is 6.42 Å². The third-order valence-electron chi connectivity index (χ3n) is 1.60. The van der Waals surface area contributed by atoms with E-state index in [0.29, 0.717) is 12.0 Å². The van der Waals surface area contributed by atoms with Crippen LogP contribution in [-0.2, 0) is 13.6 Å². The van der Waals surface area contributed by atoms with Crippen molar-refractivity contribution >= 4 is 15.3 Å². The number of aliphatic carboxylic acids is 1. The van der Waals surface area contributed by atoms with E-state index in [4.69, 9.17) is 14.0 Å². The van der Waals surface area contributed by atoms with Gasteiger partial charge in [0.2, 0.25) is 0 Å². The summed E-state index contributed by atoms with van der Waals surface area (Å²) >= 11 is 0. The summed E-state index contributed by atoms with van der Waals surface area (Å²) in [5, 5.41) is 8.79. The fourth-order valence-electron chi connectivity index (χ4n) is 0.927. The highest BCUT2D eigenvalue weighted by molar-refractivity contribution is 6.51. The van der Waals surface area contributed by atoms with Gasteiger partial charge in [0.25, 0.3) is 0 Å². The molecule has 0 saturated heterocycles. The molecule has 0 aliphatic heterocycles. The summed E-state index contributed by atoms with van der Waals surface area (Å²) < 4.78 is 10.0. The summed E-state index contributed by atoms with van der Waals surface area (Å²) in [6.07, 6.45) is 1.37. The Labute approximate surface area is 80.0 Å². The summed E-state index contributed by atoms with van der Waals surface area (Å²) in [6.45, 7) is 1.94. The molecular weight excluding hydrogens is 188 g/mol. The first-order valence-electron chi connectivity index (χ1n) is 4.15. The molecule has 76 valence electrons. The van der Waals surface area contributed by atoms with Gasteiger partial charge >= 0.3 is 15.3 Å². The Hall–Kier alpha value is -0.653. The SMILES string of the molecule is CCCC(=C[SiH](OC)OC)C(=O)O. The molecule has 0 spiro atoms. The predicted molar refractivity (Wildman–Crippen MR) is 51.8 cm³/mol. The van der Waals surface area contributed by atoms with Crippen molar-refractivity contribution in [1.29, 1.82) is 0 Å². The van der Waals surface area contributed by atoms with Crippen LogP contribution >= 0.6 is 0 Å². The van der Waals surface area contributed by atoms with Crippen LogP contribution in [0.2, 0.25) is 0 Å². The summed E-state index contributed by atoms with van der Waals surface area (Å²) in [6, 6.07) is 0. The predicted octanol–water partition coefficient (Wildman–Crippen LogP) is 0.850. The highest BCUT2D eigenvalue weighted by Gasteiger charge is 2.12. The summed E-state index contributed by atoms with van der Waals surface area (Å²) in [7, 11) is 1.18. The van der Waals surface area contributed by atoms with E-state index in [2.05, 4.69) is 0 Å². The molecule has 0 aliphatic carbocycles. The van der Waals surface area contributed by atoms with Gasteiger partial charge in [-0.05, 0) is 12.1 Å². The molecule has 0 aromatic carbocycles. The maximum absolute atomic E-state index is 10.7. The molecule has 0 amide bonds. The van der Waals surface area contributed by atoms with Crippen molar-refractivity contribution in [1.82, 2.24) is 0 Å². The molecule has 0 bridgehead atoms. The lowest BCUT2D eigenvalue weighted by Gasteiger charge is -2.07. The van der Waals surface area contributed by atoms with Gasteiger partial charge in [-0.15, -0.1) is 0 Å². The smallest absolute Gasteiger partial charge is 0.348 e. The van der Waals surface area contributed by atoms with Crippen molar-refractivity contribution in [2.24, 2.45) is 0 Å². The molecule has 0 aliphatic rings. The third kappa shape index (κ3) is 4.82. The number of rotatable bonds is 6. The molecule has 4 nitrogen and oxygen atoms in total. The normalized spacial score (nSPS) is 12.2. The van der Waals surface area contributed by atoms with Crippen molar-refractivity contribution in [2.75, 3.05) is 14.2 Å².